The maximum Gasteiger partial charge on any atom is 0.139 e. The number of oxime groups is 1. The highest BCUT2D eigenvalue weighted by molar-refractivity contribution is 6.45. The summed E-state index contributed by atoms with van der Waals surface area (Å²) in [6.45, 7) is 2.09. The van der Waals surface area contributed by atoms with E-state index in [0.29, 0.717) is 23.5 Å². The average Bonchev–Trinajstić information content (AvgIpc) is 2.54. The highest BCUT2D eigenvalue weighted by Gasteiger charge is 2.20. The molecule has 0 bridgehead atoms. The normalized spacial score (nSPS) is 11.4. The maximum atomic E-state index is 13.4. The minimum atomic E-state index is -0.464. The standard InChI is InChI=1S/C16H14Cl2FNO3/c1-3-23-13-8-9(19)4-5-10(13)16(20-21)11-6-7-12(22-2)15(18)14(11)17/h4-8,21H,3H2,1-2H3/b20-16-. The molecule has 2 aromatic rings. The summed E-state index contributed by atoms with van der Waals surface area (Å²) in [5.74, 6) is 0.165. The van der Waals surface area contributed by atoms with Crippen LogP contribution in [0.15, 0.2) is 35.5 Å². The van der Waals surface area contributed by atoms with E-state index in [0.717, 1.165) is 0 Å². The Labute approximate surface area is 143 Å². The summed E-state index contributed by atoms with van der Waals surface area (Å²) in [5.41, 5.74) is 0.870. The molecule has 0 saturated carbocycles. The van der Waals surface area contributed by atoms with Gasteiger partial charge in [0.1, 0.15) is 28.1 Å². The van der Waals surface area contributed by atoms with Crippen LogP contribution in [0.5, 0.6) is 11.5 Å². The first kappa shape index (κ1) is 17.4. The molecule has 0 radical (unpaired) electrons. The Balaban J connectivity index is 2.60. The predicted octanol–water partition coefficient (Wildman–Crippen LogP) is 4.77. The van der Waals surface area contributed by atoms with E-state index in [1.807, 2.05) is 0 Å². The molecule has 0 aliphatic heterocycles. The van der Waals surface area contributed by atoms with E-state index in [9.17, 15) is 9.60 Å². The Bertz CT molecular complexity index is 750. The van der Waals surface area contributed by atoms with Gasteiger partial charge in [0.25, 0.3) is 0 Å². The molecule has 0 unspecified atom stereocenters. The van der Waals surface area contributed by atoms with Gasteiger partial charge in [-0.15, -0.1) is 0 Å². The van der Waals surface area contributed by atoms with Crippen LogP contribution < -0.4 is 9.47 Å². The molecule has 0 aliphatic carbocycles. The highest BCUT2D eigenvalue weighted by atomic mass is 35.5. The van der Waals surface area contributed by atoms with Crippen LogP contribution in [0.4, 0.5) is 4.39 Å². The summed E-state index contributed by atoms with van der Waals surface area (Å²) in [4.78, 5) is 0. The van der Waals surface area contributed by atoms with Gasteiger partial charge in [-0.25, -0.2) is 4.39 Å². The van der Waals surface area contributed by atoms with Crippen molar-refractivity contribution in [2.75, 3.05) is 13.7 Å². The molecular weight excluding hydrogens is 344 g/mol. The zero-order valence-electron chi connectivity index (χ0n) is 12.4. The van der Waals surface area contributed by atoms with Crippen molar-refractivity contribution in [2.24, 2.45) is 5.16 Å². The number of nitrogens with zero attached hydrogens (tertiary/aromatic N) is 1. The lowest BCUT2D eigenvalue weighted by Gasteiger charge is -2.14. The van der Waals surface area contributed by atoms with Crippen LogP contribution in [-0.4, -0.2) is 24.6 Å². The SMILES string of the molecule is CCOc1cc(F)ccc1/C(=N/O)c1ccc(OC)c(Cl)c1Cl. The number of ether oxygens (including phenoxy) is 2. The van der Waals surface area contributed by atoms with Crippen LogP contribution in [0.25, 0.3) is 0 Å². The fourth-order valence-electron chi connectivity index (χ4n) is 2.09. The average molecular weight is 358 g/mol. The van der Waals surface area contributed by atoms with E-state index in [4.69, 9.17) is 32.7 Å². The summed E-state index contributed by atoms with van der Waals surface area (Å²) in [6, 6.07) is 7.09. The molecule has 0 fully saturated rings. The second-order valence-electron chi connectivity index (χ2n) is 4.47. The smallest absolute Gasteiger partial charge is 0.139 e. The molecule has 1 N–H and O–H groups in total. The van der Waals surface area contributed by atoms with Crippen LogP contribution >= 0.6 is 23.2 Å². The number of benzene rings is 2. The van der Waals surface area contributed by atoms with Crippen molar-refractivity contribution in [3.63, 3.8) is 0 Å². The molecule has 7 heteroatoms. The number of halogens is 3. The van der Waals surface area contributed by atoms with Crippen molar-refractivity contribution >= 4 is 28.9 Å². The summed E-state index contributed by atoms with van der Waals surface area (Å²) >= 11 is 12.4. The second kappa shape index (κ2) is 7.53. The largest absolute Gasteiger partial charge is 0.495 e. The summed E-state index contributed by atoms with van der Waals surface area (Å²) in [5, 5.41) is 13.1. The molecule has 0 aromatic heterocycles. The maximum absolute atomic E-state index is 13.4. The van der Waals surface area contributed by atoms with Crippen LogP contribution in [0.3, 0.4) is 0 Å². The van der Waals surface area contributed by atoms with Crippen LogP contribution in [-0.2, 0) is 0 Å². The summed E-state index contributed by atoms with van der Waals surface area (Å²) in [7, 11) is 1.46. The van der Waals surface area contributed by atoms with E-state index >= 15 is 0 Å². The van der Waals surface area contributed by atoms with Gasteiger partial charge in [0.05, 0.1) is 18.7 Å². The van der Waals surface area contributed by atoms with Crippen molar-refractivity contribution in [2.45, 2.75) is 6.92 Å². The molecule has 2 aromatic carbocycles. The Morgan fingerprint density at radius 3 is 2.43 bits per heavy atom. The number of rotatable bonds is 5. The third kappa shape index (κ3) is 3.51. The zero-order valence-corrected chi connectivity index (χ0v) is 14.0. The van der Waals surface area contributed by atoms with Crippen LogP contribution in [0.2, 0.25) is 10.0 Å². The van der Waals surface area contributed by atoms with E-state index in [2.05, 4.69) is 5.16 Å². The third-order valence-corrected chi connectivity index (χ3v) is 3.99. The van der Waals surface area contributed by atoms with Gasteiger partial charge in [-0.2, -0.15) is 0 Å². The molecule has 0 aliphatic rings. The first-order valence-corrected chi connectivity index (χ1v) is 7.46. The Morgan fingerprint density at radius 1 is 1.13 bits per heavy atom. The van der Waals surface area contributed by atoms with Gasteiger partial charge >= 0.3 is 0 Å². The molecule has 0 saturated heterocycles. The molecule has 23 heavy (non-hydrogen) atoms. The van der Waals surface area contributed by atoms with Crippen LogP contribution in [0.1, 0.15) is 18.1 Å². The quantitative estimate of drug-likeness (QED) is 0.476. The van der Waals surface area contributed by atoms with E-state index in [1.54, 1.807) is 19.1 Å². The second-order valence-corrected chi connectivity index (χ2v) is 5.22. The predicted molar refractivity (Wildman–Crippen MR) is 88.0 cm³/mol. The molecule has 0 heterocycles. The number of hydrogen-bond donors (Lipinski definition) is 1. The van der Waals surface area contributed by atoms with Crippen LogP contribution in [0, 0.1) is 5.82 Å². The summed E-state index contributed by atoms with van der Waals surface area (Å²) in [6.07, 6.45) is 0. The highest BCUT2D eigenvalue weighted by Crippen LogP contribution is 2.36. The van der Waals surface area contributed by atoms with Gasteiger partial charge in [0.2, 0.25) is 0 Å². The number of methoxy groups -OCH3 is 1. The molecule has 0 amide bonds. The fourth-order valence-corrected chi connectivity index (χ4v) is 2.58. The van der Waals surface area contributed by atoms with Crippen molar-refractivity contribution in [1.29, 1.82) is 0 Å². The van der Waals surface area contributed by atoms with Gasteiger partial charge in [0, 0.05) is 17.2 Å². The molecule has 4 nitrogen and oxygen atoms in total. The van der Waals surface area contributed by atoms with Crippen molar-refractivity contribution in [3.05, 3.63) is 57.3 Å². The lowest BCUT2D eigenvalue weighted by Crippen LogP contribution is -2.08. The molecule has 0 atom stereocenters. The monoisotopic (exact) mass is 357 g/mol. The lowest BCUT2D eigenvalue weighted by atomic mass is 10.0. The van der Waals surface area contributed by atoms with Gasteiger partial charge < -0.3 is 14.7 Å². The first-order valence-electron chi connectivity index (χ1n) is 6.70. The Kier molecular flexibility index (Phi) is 5.69. The first-order chi connectivity index (χ1) is 11.0. The minimum absolute atomic E-state index is 0.114. The Hall–Kier alpha value is -1.98. The molecule has 122 valence electrons. The van der Waals surface area contributed by atoms with Gasteiger partial charge in [-0.3, -0.25) is 0 Å². The summed E-state index contributed by atoms with van der Waals surface area (Å²) < 4.78 is 23.9. The minimum Gasteiger partial charge on any atom is -0.495 e. The third-order valence-electron chi connectivity index (χ3n) is 3.12. The van der Waals surface area contributed by atoms with E-state index in [1.165, 1.54) is 25.3 Å². The van der Waals surface area contributed by atoms with E-state index < -0.39 is 5.82 Å². The topological polar surface area (TPSA) is 51.0 Å². The van der Waals surface area contributed by atoms with Crippen molar-refractivity contribution < 1.29 is 19.1 Å². The van der Waals surface area contributed by atoms with Crippen molar-refractivity contribution in [1.82, 2.24) is 0 Å². The van der Waals surface area contributed by atoms with E-state index in [-0.39, 0.29) is 21.5 Å². The fraction of sp³-hybridized carbons (Fsp3) is 0.188. The number of hydrogen-bond acceptors (Lipinski definition) is 4. The zero-order chi connectivity index (χ0) is 17.0. The van der Waals surface area contributed by atoms with Crippen molar-refractivity contribution in [3.8, 4) is 11.5 Å². The molecule has 2 rings (SSSR count). The van der Waals surface area contributed by atoms with Gasteiger partial charge in [0.15, 0.2) is 0 Å². The Morgan fingerprint density at radius 2 is 1.83 bits per heavy atom. The molecule has 0 spiro atoms. The van der Waals surface area contributed by atoms with Gasteiger partial charge in [-0.1, -0.05) is 28.4 Å². The lowest BCUT2D eigenvalue weighted by molar-refractivity contribution is 0.317. The molecular formula is C16H14Cl2FNO3. The van der Waals surface area contributed by atoms with Gasteiger partial charge in [-0.05, 0) is 31.2 Å².